The summed E-state index contributed by atoms with van der Waals surface area (Å²) in [6.45, 7) is 5.89. The Balaban J connectivity index is 2.16. The summed E-state index contributed by atoms with van der Waals surface area (Å²) in [4.78, 5) is 0. The van der Waals surface area contributed by atoms with Crippen molar-refractivity contribution in [1.82, 2.24) is 5.32 Å². The lowest BCUT2D eigenvalue weighted by atomic mass is 9.89. The Morgan fingerprint density at radius 1 is 1.00 bits per heavy atom. The molecular weight excluding hydrogens is 206 g/mol. The molecule has 0 bridgehead atoms. The normalized spacial score (nSPS) is 21.9. The molecule has 2 atom stereocenters. The predicted molar refractivity (Wildman–Crippen MR) is 77.4 cm³/mol. The average molecular weight is 239 g/mol. The smallest absolute Gasteiger partial charge is 0.00701 e. The summed E-state index contributed by atoms with van der Waals surface area (Å²) in [5.74, 6) is 1.00. The van der Waals surface area contributed by atoms with Crippen LogP contribution in [0.2, 0.25) is 0 Å². The van der Waals surface area contributed by atoms with Crippen LogP contribution in [0.3, 0.4) is 0 Å². The highest BCUT2D eigenvalue weighted by atomic mass is 14.9. The standard InChI is InChI=1S/C16H33N/c1-3-5-7-8-11-15(10-6-4-2)14-16-12-9-13-17-16/h15-17H,3-14H2,1-2H3/t15?,16-/m1/s1. The van der Waals surface area contributed by atoms with E-state index in [2.05, 4.69) is 19.2 Å². The molecule has 1 saturated heterocycles. The second-order valence-electron chi connectivity index (χ2n) is 5.89. The summed E-state index contributed by atoms with van der Waals surface area (Å²) in [7, 11) is 0. The molecule has 1 aliphatic heterocycles. The molecule has 1 nitrogen and oxygen atoms in total. The maximum absolute atomic E-state index is 3.67. The molecule has 17 heavy (non-hydrogen) atoms. The van der Waals surface area contributed by atoms with E-state index in [0.717, 1.165) is 12.0 Å². The van der Waals surface area contributed by atoms with E-state index in [1.54, 1.807) is 0 Å². The third kappa shape index (κ3) is 7.08. The number of nitrogens with one attached hydrogen (secondary N) is 1. The van der Waals surface area contributed by atoms with Gasteiger partial charge in [0, 0.05) is 6.04 Å². The van der Waals surface area contributed by atoms with Crippen LogP contribution in [-0.4, -0.2) is 12.6 Å². The van der Waals surface area contributed by atoms with Crippen molar-refractivity contribution in [3.8, 4) is 0 Å². The molecular formula is C16H33N. The Bertz CT molecular complexity index is 161. The van der Waals surface area contributed by atoms with E-state index in [4.69, 9.17) is 0 Å². The van der Waals surface area contributed by atoms with Crippen molar-refractivity contribution >= 4 is 0 Å². The summed E-state index contributed by atoms with van der Waals surface area (Å²) in [5.41, 5.74) is 0. The van der Waals surface area contributed by atoms with Gasteiger partial charge in [-0.05, 0) is 31.7 Å². The fourth-order valence-electron chi connectivity index (χ4n) is 3.09. The first-order valence-corrected chi connectivity index (χ1v) is 8.10. The first-order valence-electron chi connectivity index (χ1n) is 8.10. The minimum absolute atomic E-state index is 0.850. The first-order chi connectivity index (χ1) is 8.36. The van der Waals surface area contributed by atoms with E-state index in [1.165, 1.54) is 77.2 Å². The molecule has 1 rings (SSSR count). The zero-order chi connectivity index (χ0) is 12.3. The predicted octanol–water partition coefficient (Wildman–Crippen LogP) is 4.91. The molecule has 0 aromatic heterocycles. The summed E-state index contributed by atoms with van der Waals surface area (Å²) in [6.07, 6.45) is 15.8. The average Bonchev–Trinajstić information content (AvgIpc) is 2.84. The van der Waals surface area contributed by atoms with Crippen molar-refractivity contribution < 1.29 is 0 Å². The van der Waals surface area contributed by atoms with Gasteiger partial charge in [-0.25, -0.2) is 0 Å². The van der Waals surface area contributed by atoms with Gasteiger partial charge in [0.1, 0.15) is 0 Å². The first kappa shape index (κ1) is 15.0. The Morgan fingerprint density at radius 2 is 1.76 bits per heavy atom. The second-order valence-corrected chi connectivity index (χ2v) is 5.89. The van der Waals surface area contributed by atoms with Gasteiger partial charge in [0.15, 0.2) is 0 Å². The van der Waals surface area contributed by atoms with E-state index < -0.39 is 0 Å². The van der Waals surface area contributed by atoms with Gasteiger partial charge in [-0.1, -0.05) is 65.2 Å². The van der Waals surface area contributed by atoms with E-state index in [9.17, 15) is 0 Å². The fourth-order valence-corrected chi connectivity index (χ4v) is 3.09. The third-order valence-electron chi connectivity index (χ3n) is 4.21. The van der Waals surface area contributed by atoms with Gasteiger partial charge < -0.3 is 5.32 Å². The van der Waals surface area contributed by atoms with Gasteiger partial charge in [-0.15, -0.1) is 0 Å². The number of unbranched alkanes of at least 4 members (excludes halogenated alkanes) is 4. The highest BCUT2D eigenvalue weighted by molar-refractivity contribution is 4.77. The molecule has 1 fully saturated rings. The summed E-state index contributed by atoms with van der Waals surface area (Å²) in [6, 6.07) is 0.850. The SMILES string of the molecule is CCCCCCC(CCCC)C[C@H]1CCCN1. The van der Waals surface area contributed by atoms with E-state index in [-0.39, 0.29) is 0 Å². The van der Waals surface area contributed by atoms with E-state index >= 15 is 0 Å². The van der Waals surface area contributed by atoms with Gasteiger partial charge in [0.25, 0.3) is 0 Å². The van der Waals surface area contributed by atoms with Crippen molar-refractivity contribution in [3.63, 3.8) is 0 Å². The van der Waals surface area contributed by atoms with Crippen molar-refractivity contribution in [2.24, 2.45) is 5.92 Å². The fraction of sp³-hybridized carbons (Fsp3) is 1.00. The Hall–Kier alpha value is -0.0400. The molecule has 1 unspecified atom stereocenters. The van der Waals surface area contributed by atoms with Crippen LogP contribution in [0.4, 0.5) is 0 Å². The zero-order valence-corrected chi connectivity index (χ0v) is 12.1. The van der Waals surface area contributed by atoms with E-state index in [0.29, 0.717) is 0 Å². The van der Waals surface area contributed by atoms with Gasteiger partial charge in [-0.2, -0.15) is 0 Å². The van der Waals surface area contributed by atoms with Gasteiger partial charge in [-0.3, -0.25) is 0 Å². The van der Waals surface area contributed by atoms with Crippen molar-refractivity contribution in [2.45, 2.75) is 90.5 Å². The van der Waals surface area contributed by atoms with Crippen LogP contribution < -0.4 is 5.32 Å². The Morgan fingerprint density at radius 3 is 2.41 bits per heavy atom. The molecule has 0 aliphatic carbocycles. The summed E-state index contributed by atoms with van der Waals surface area (Å²) >= 11 is 0. The van der Waals surface area contributed by atoms with Crippen LogP contribution in [0.1, 0.15) is 84.5 Å². The topological polar surface area (TPSA) is 12.0 Å². The number of rotatable bonds is 10. The molecule has 0 radical (unpaired) electrons. The minimum Gasteiger partial charge on any atom is -0.314 e. The summed E-state index contributed by atoms with van der Waals surface area (Å²) < 4.78 is 0. The maximum Gasteiger partial charge on any atom is 0.00701 e. The Kier molecular flexibility index (Phi) is 8.78. The molecule has 0 saturated carbocycles. The zero-order valence-electron chi connectivity index (χ0n) is 12.1. The summed E-state index contributed by atoms with van der Waals surface area (Å²) in [5, 5.41) is 3.67. The van der Waals surface area contributed by atoms with E-state index in [1.807, 2.05) is 0 Å². The third-order valence-corrected chi connectivity index (χ3v) is 4.21. The number of hydrogen-bond acceptors (Lipinski definition) is 1. The van der Waals surface area contributed by atoms with Gasteiger partial charge >= 0.3 is 0 Å². The molecule has 0 spiro atoms. The maximum atomic E-state index is 3.67. The van der Waals surface area contributed by atoms with Crippen molar-refractivity contribution in [2.75, 3.05) is 6.54 Å². The quantitative estimate of drug-likeness (QED) is 0.534. The second kappa shape index (κ2) is 9.94. The van der Waals surface area contributed by atoms with Crippen LogP contribution >= 0.6 is 0 Å². The van der Waals surface area contributed by atoms with Crippen molar-refractivity contribution in [3.05, 3.63) is 0 Å². The highest BCUT2D eigenvalue weighted by Gasteiger charge is 2.18. The lowest BCUT2D eigenvalue weighted by molar-refractivity contribution is 0.346. The lowest BCUT2D eigenvalue weighted by Crippen LogP contribution is -2.24. The highest BCUT2D eigenvalue weighted by Crippen LogP contribution is 2.24. The van der Waals surface area contributed by atoms with Crippen LogP contribution in [-0.2, 0) is 0 Å². The van der Waals surface area contributed by atoms with Crippen LogP contribution in [0.25, 0.3) is 0 Å². The molecule has 1 aliphatic rings. The molecule has 1 heterocycles. The minimum atomic E-state index is 0.850. The molecule has 0 aromatic carbocycles. The lowest BCUT2D eigenvalue weighted by Gasteiger charge is -2.20. The Labute approximate surface area is 109 Å². The number of hydrogen-bond donors (Lipinski definition) is 1. The molecule has 102 valence electrons. The monoisotopic (exact) mass is 239 g/mol. The van der Waals surface area contributed by atoms with Gasteiger partial charge in [0.2, 0.25) is 0 Å². The largest absolute Gasteiger partial charge is 0.314 e. The molecule has 0 aromatic rings. The van der Waals surface area contributed by atoms with Crippen LogP contribution in [0.5, 0.6) is 0 Å². The molecule has 1 N–H and O–H groups in total. The van der Waals surface area contributed by atoms with Crippen LogP contribution in [0, 0.1) is 5.92 Å². The molecule has 0 amide bonds. The van der Waals surface area contributed by atoms with Crippen LogP contribution in [0.15, 0.2) is 0 Å². The molecule has 1 heteroatoms. The van der Waals surface area contributed by atoms with Crippen molar-refractivity contribution in [1.29, 1.82) is 0 Å². The van der Waals surface area contributed by atoms with Gasteiger partial charge in [0.05, 0.1) is 0 Å².